The minimum atomic E-state index is -0.283. The van der Waals surface area contributed by atoms with Crippen LogP contribution >= 0.6 is 11.8 Å². The lowest BCUT2D eigenvalue weighted by Gasteiger charge is -2.19. The van der Waals surface area contributed by atoms with E-state index >= 15 is 0 Å². The highest BCUT2D eigenvalue weighted by molar-refractivity contribution is 8.00. The molecule has 2 rings (SSSR count). The summed E-state index contributed by atoms with van der Waals surface area (Å²) in [4.78, 5) is 12.0. The van der Waals surface area contributed by atoms with Crippen LogP contribution < -0.4 is 11.2 Å². The molecule has 0 fully saturated rings. The Labute approximate surface area is 153 Å². The Morgan fingerprint density at radius 3 is 2.48 bits per heavy atom. The zero-order valence-electron chi connectivity index (χ0n) is 15.5. The lowest BCUT2D eigenvalue weighted by Crippen LogP contribution is -2.31. The maximum Gasteiger partial charge on any atom is 0.233 e. The first-order valence-corrected chi connectivity index (χ1v) is 9.37. The fourth-order valence-electron chi connectivity index (χ4n) is 2.28. The van der Waals surface area contributed by atoms with Gasteiger partial charge in [-0.3, -0.25) is 4.79 Å². The summed E-state index contributed by atoms with van der Waals surface area (Å²) >= 11 is 1.30. The SMILES string of the molecule is CCCNC(=O)C(C)Sc1nnc(-c2ccc(C(C)(C)C)cc2)n1N. The van der Waals surface area contributed by atoms with Gasteiger partial charge >= 0.3 is 0 Å². The summed E-state index contributed by atoms with van der Waals surface area (Å²) in [6, 6.07) is 8.16. The van der Waals surface area contributed by atoms with Gasteiger partial charge in [0, 0.05) is 12.1 Å². The summed E-state index contributed by atoms with van der Waals surface area (Å²) in [5.74, 6) is 6.71. The van der Waals surface area contributed by atoms with Crippen molar-refractivity contribution in [1.82, 2.24) is 20.2 Å². The lowest BCUT2D eigenvalue weighted by atomic mass is 9.87. The number of hydrogen-bond acceptors (Lipinski definition) is 5. The molecule has 0 saturated carbocycles. The third kappa shape index (κ3) is 4.75. The molecule has 1 unspecified atom stereocenters. The molecule has 136 valence electrons. The number of benzene rings is 1. The second-order valence-electron chi connectivity index (χ2n) is 7.05. The van der Waals surface area contributed by atoms with Crippen molar-refractivity contribution in [3.05, 3.63) is 29.8 Å². The van der Waals surface area contributed by atoms with Crippen molar-refractivity contribution in [1.29, 1.82) is 0 Å². The minimum absolute atomic E-state index is 0.0223. The first-order valence-electron chi connectivity index (χ1n) is 8.49. The summed E-state index contributed by atoms with van der Waals surface area (Å²) in [6.07, 6.45) is 0.908. The third-order valence-electron chi connectivity index (χ3n) is 3.87. The van der Waals surface area contributed by atoms with Gasteiger partial charge in [-0.05, 0) is 24.3 Å². The van der Waals surface area contributed by atoms with Crippen LogP contribution in [0.15, 0.2) is 29.4 Å². The lowest BCUT2D eigenvalue weighted by molar-refractivity contribution is -0.120. The molecule has 6 nitrogen and oxygen atoms in total. The number of nitrogen functional groups attached to an aromatic ring is 1. The van der Waals surface area contributed by atoms with Gasteiger partial charge in [0.15, 0.2) is 5.82 Å². The Balaban J connectivity index is 2.14. The van der Waals surface area contributed by atoms with E-state index in [-0.39, 0.29) is 16.6 Å². The number of carbonyl (C=O) groups excluding carboxylic acids is 1. The second kappa shape index (κ2) is 7.91. The summed E-state index contributed by atoms with van der Waals surface area (Å²) in [5.41, 5.74) is 2.24. The van der Waals surface area contributed by atoms with Crippen LogP contribution in [0.4, 0.5) is 0 Å². The third-order valence-corrected chi connectivity index (χ3v) is 4.93. The van der Waals surface area contributed by atoms with Gasteiger partial charge in [-0.1, -0.05) is 63.7 Å². The zero-order valence-corrected chi connectivity index (χ0v) is 16.4. The fourth-order valence-corrected chi connectivity index (χ4v) is 3.07. The molecule has 1 aromatic carbocycles. The standard InChI is InChI=1S/C18H27N5OS/c1-6-11-20-16(24)12(2)25-17-22-21-15(23(17)19)13-7-9-14(10-8-13)18(3,4)5/h7-10,12H,6,11,19H2,1-5H3,(H,20,24). The second-order valence-corrected chi connectivity index (χ2v) is 8.36. The van der Waals surface area contributed by atoms with Crippen molar-refractivity contribution in [2.75, 3.05) is 12.4 Å². The molecule has 0 aliphatic rings. The number of thioether (sulfide) groups is 1. The van der Waals surface area contributed by atoms with Gasteiger partial charge in [0.05, 0.1) is 5.25 Å². The van der Waals surface area contributed by atoms with Crippen molar-refractivity contribution in [3.63, 3.8) is 0 Å². The van der Waals surface area contributed by atoms with Crippen molar-refractivity contribution in [3.8, 4) is 11.4 Å². The molecule has 0 bridgehead atoms. The average molecular weight is 362 g/mol. The smallest absolute Gasteiger partial charge is 0.233 e. The van der Waals surface area contributed by atoms with Crippen molar-refractivity contribution in [2.24, 2.45) is 0 Å². The molecule has 1 atom stereocenters. The fraction of sp³-hybridized carbons (Fsp3) is 0.500. The van der Waals surface area contributed by atoms with Crippen LogP contribution in [0.2, 0.25) is 0 Å². The number of nitrogens with one attached hydrogen (secondary N) is 1. The number of rotatable bonds is 6. The molecule has 0 radical (unpaired) electrons. The molecule has 7 heteroatoms. The van der Waals surface area contributed by atoms with Crippen LogP contribution in [0.3, 0.4) is 0 Å². The maximum absolute atomic E-state index is 12.0. The largest absolute Gasteiger partial charge is 0.355 e. The van der Waals surface area contributed by atoms with Crippen LogP contribution in [0.5, 0.6) is 0 Å². The zero-order chi connectivity index (χ0) is 18.6. The Morgan fingerprint density at radius 2 is 1.92 bits per heavy atom. The van der Waals surface area contributed by atoms with Gasteiger partial charge in [0.2, 0.25) is 11.1 Å². The molecule has 1 aromatic heterocycles. The van der Waals surface area contributed by atoms with Crippen molar-refractivity contribution < 1.29 is 4.79 Å². The number of hydrogen-bond donors (Lipinski definition) is 2. The maximum atomic E-state index is 12.0. The molecule has 0 spiro atoms. The van der Waals surface area contributed by atoms with E-state index in [1.54, 1.807) is 0 Å². The summed E-state index contributed by atoms with van der Waals surface area (Å²) < 4.78 is 1.44. The first-order chi connectivity index (χ1) is 11.7. The molecule has 1 amide bonds. The Bertz CT molecular complexity index is 718. The van der Waals surface area contributed by atoms with Gasteiger partial charge in [-0.2, -0.15) is 0 Å². The highest BCUT2D eigenvalue weighted by Gasteiger charge is 2.20. The number of amides is 1. The van der Waals surface area contributed by atoms with E-state index in [0.717, 1.165) is 12.0 Å². The van der Waals surface area contributed by atoms with Crippen molar-refractivity contribution in [2.45, 2.75) is 56.9 Å². The average Bonchev–Trinajstić information content (AvgIpc) is 2.92. The molecule has 25 heavy (non-hydrogen) atoms. The number of nitrogens with zero attached hydrogens (tertiary/aromatic N) is 3. The number of carbonyl (C=O) groups is 1. The Morgan fingerprint density at radius 1 is 1.28 bits per heavy atom. The van der Waals surface area contributed by atoms with Crippen molar-refractivity contribution >= 4 is 17.7 Å². The van der Waals surface area contributed by atoms with Crippen LogP contribution in [-0.4, -0.2) is 32.6 Å². The van der Waals surface area contributed by atoms with Crippen LogP contribution in [0.25, 0.3) is 11.4 Å². The molecule has 3 N–H and O–H groups in total. The van der Waals surface area contributed by atoms with Gasteiger partial charge < -0.3 is 11.2 Å². The molecule has 2 aromatic rings. The van der Waals surface area contributed by atoms with Gasteiger partial charge in [-0.25, -0.2) is 4.68 Å². The summed E-state index contributed by atoms with van der Waals surface area (Å²) in [7, 11) is 0. The van der Waals surface area contributed by atoms with Crippen LogP contribution in [0.1, 0.15) is 46.6 Å². The van der Waals surface area contributed by atoms with Gasteiger partial charge in [0.25, 0.3) is 0 Å². The topological polar surface area (TPSA) is 85.8 Å². The van der Waals surface area contributed by atoms with E-state index in [1.807, 2.05) is 26.0 Å². The molecule has 0 saturated heterocycles. The predicted molar refractivity (Wildman–Crippen MR) is 103 cm³/mol. The van der Waals surface area contributed by atoms with E-state index in [2.05, 4.69) is 48.4 Å². The molecular formula is C18H27N5OS. The first kappa shape index (κ1) is 19.3. The predicted octanol–water partition coefficient (Wildman–Crippen LogP) is 2.96. The number of nitrogens with two attached hydrogens (primary N) is 1. The molecular weight excluding hydrogens is 334 g/mol. The van der Waals surface area contributed by atoms with Gasteiger partial charge in [0.1, 0.15) is 0 Å². The van der Waals surface area contributed by atoms with E-state index < -0.39 is 0 Å². The Hall–Kier alpha value is -2.02. The van der Waals surface area contributed by atoms with Crippen LogP contribution in [-0.2, 0) is 10.2 Å². The highest BCUT2D eigenvalue weighted by Crippen LogP contribution is 2.27. The normalized spacial score (nSPS) is 12.8. The summed E-state index contributed by atoms with van der Waals surface area (Å²) in [5, 5.41) is 11.4. The van der Waals surface area contributed by atoms with Gasteiger partial charge in [-0.15, -0.1) is 10.2 Å². The van der Waals surface area contributed by atoms with E-state index in [4.69, 9.17) is 5.84 Å². The molecule has 0 aliphatic heterocycles. The molecule has 0 aliphatic carbocycles. The number of aromatic nitrogens is 3. The monoisotopic (exact) mass is 361 g/mol. The van der Waals surface area contributed by atoms with E-state index in [1.165, 1.54) is 22.0 Å². The minimum Gasteiger partial charge on any atom is -0.355 e. The summed E-state index contributed by atoms with van der Waals surface area (Å²) in [6.45, 7) is 11.0. The van der Waals surface area contributed by atoms with Crippen LogP contribution in [0, 0.1) is 0 Å². The van der Waals surface area contributed by atoms with E-state index in [9.17, 15) is 4.79 Å². The quantitative estimate of drug-likeness (QED) is 0.610. The highest BCUT2D eigenvalue weighted by atomic mass is 32.2. The molecule has 1 heterocycles. The van der Waals surface area contributed by atoms with E-state index in [0.29, 0.717) is 17.5 Å². The Kier molecular flexibility index (Phi) is 6.11.